The number of aromatic carboxylic acids is 1. The normalized spacial score (nSPS) is 11.7. The third kappa shape index (κ3) is 4.70. The van der Waals surface area contributed by atoms with Crippen LogP contribution in [0.4, 0.5) is 10.5 Å². The Hall–Kier alpha value is -1.89. The van der Waals surface area contributed by atoms with Crippen LogP contribution in [0, 0.1) is 6.92 Å². The Balaban J connectivity index is 2.73. The Labute approximate surface area is 113 Å². The number of para-hydroxylation sites is 1. The summed E-state index contributed by atoms with van der Waals surface area (Å²) in [6.07, 6.45) is 1.55. The fourth-order valence-electron chi connectivity index (χ4n) is 1.48. The summed E-state index contributed by atoms with van der Waals surface area (Å²) in [5.74, 6) is -0.749. The van der Waals surface area contributed by atoms with E-state index in [0.29, 0.717) is 11.3 Å². The van der Waals surface area contributed by atoms with Crippen molar-refractivity contribution in [2.24, 2.45) is 0 Å². The second-order valence-electron chi connectivity index (χ2n) is 3.96. The van der Waals surface area contributed by atoms with E-state index in [4.69, 9.17) is 5.11 Å². The summed E-state index contributed by atoms with van der Waals surface area (Å²) in [5, 5.41) is 14.1. The Morgan fingerprint density at radius 2 is 2.05 bits per heavy atom. The molecule has 6 nitrogen and oxygen atoms in total. The first-order valence-corrected chi connectivity index (χ1v) is 7.32. The fraction of sp³-hybridized carbons (Fsp3) is 0.333. The molecule has 0 aliphatic heterocycles. The second kappa shape index (κ2) is 6.89. The van der Waals surface area contributed by atoms with Gasteiger partial charge in [0.15, 0.2) is 0 Å². The molecule has 0 aliphatic carbocycles. The predicted octanol–water partition coefficient (Wildman–Crippen LogP) is 1.19. The van der Waals surface area contributed by atoms with Crippen LogP contribution in [0.1, 0.15) is 15.9 Å². The number of benzene rings is 1. The van der Waals surface area contributed by atoms with Crippen LogP contribution in [-0.4, -0.2) is 39.9 Å². The van der Waals surface area contributed by atoms with Gasteiger partial charge in [-0.15, -0.1) is 0 Å². The molecule has 2 amide bonds. The first kappa shape index (κ1) is 15.2. The van der Waals surface area contributed by atoms with Gasteiger partial charge in [-0.3, -0.25) is 4.21 Å². The number of carbonyl (C=O) groups excluding carboxylic acids is 1. The van der Waals surface area contributed by atoms with Crippen molar-refractivity contribution in [1.82, 2.24) is 5.32 Å². The van der Waals surface area contributed by atoms with Crippen molar-refractivity contribution < 1.29 is 18.9 Å². The van der Waals surface area contributed by atoms with Crippen molar-refractivity contribution in [2.45, 2.75) is 6.92 Å². The van der Waals surface area contributed by atoms with E-state index in [2.05, 4.69) is 10.6 Å². The first-order chi connectivity index (χ1) is 8.91. The fourth-order valence-corrected chi connectivity index (χ4v) is 1.87. The zero-order valence-corrected chi connectivity index (χ0v) is 11.5. The molecule has 0 aliphatic rings. The molecule has 0 spiro atoms. The van der Waals surface area contributed by atoms with Gasteiger partial charge in [-0.25, -0.2) is 9.59 Å². The van der Waals surface area contributed by atoms with Gasteiger partial charge in [-0.1, -0.05) is 12.1 Å². The van der Waals surface area contributed by atoms with Gasteiger partial charge in [0, 0.05) is 29.4 Å². The van der Waals surface area contributed by atoms with E-state index in [0.717, 1.165) is 0 Å². The monoisotopic (exact) mass is 284 g/mol. The number of carbonyl (C=O) groups is 2. The summed E-state index contributed by atoms with van der Waals surface area (Å²) in [7, 11) is -0.981. The van der Waals surface area contributed by atoms with Crippen LogP contribution < -0.4 is 10.6 Å². The molecule has 0 fully saturated rings. The Bertz CT molecular complexity index is 516. The molecule has 1 aromatic carbocycles. The average Bonchev–Trinajstić information content (AvgIpc) is 2.30. The summed E-state index contributed by atoms with van der Waals surface area (Å²) < 4.78 is 10.8. The molecule has 19 heavy (non-hydrogen) atoms. The van der Waals surface area contributed by atoms with Crippen molar-refractivity contribution in [1.29, 1.82) is 0 Å². The minimum absolute atomic E-state index is 0.0363. The smallest absolute Gasteiger partial charge is 0.337 e. The first-order valence-electron chi connectivity index (χ1n) is 5.59. The molecule has 0 aromatic heterocycles. The van der Waals surface area contributed by atoms with Crippen molar-refractivity contribution in [2.75, 3.05) is 23.9 Å². The Kier molecular flexibility index (Phi) is 5.50. The number of nitrogens with one attached hydrogen (secondary N) is 2. The summed E-state index contributed by atoms with van der Waals surface area (Å²) >= 11 is 0. The Morgan fingerprint density at radius 1 is 1.37 bits per heavy atom. The van der Waals surface area contributed by atoms with Gasteiger partial charge in [-0.2, -0.15) is 0 Å². The zero-order chi connectivity index (χ0) is 14.4. The quantitative estimate of drug-likeness (QED) is 0.757. The molecule has 0 radical (unpaired) electrons. The van der Waals surface area contributed by atoms with Crippen LogP contribution in [0.25, 0.3) is 0 Å². The maximum atomic E-state index is 11.6. The third-order valence-electron chi connectivity index (χ3n) is 2.42. The van der Waals surface area contributed by atoms with Gasteiger partial charge in [0.1, 0.15) is 0 Å². The summed E-state index contributed by atoms with van der Waals surface area (Å²) in [5.41, 5.74) is 0.966. The van der Waals surface area contributed by atoms with E-state index >= 15 is 0 Å². The van der Waals surface area contributed by atoms with E-state index in [9.17, 15) is 13.8 Å². The van der Waals surface area contributed by atoms with E-state index < -0.39 is 22.8 Å². The number of anilines is 1. The van der Waals surface area contributed by atoms with Crippen LogP contribution in [0.15, 0.2) is 18.2 Å². The highest BCUT2D eigenvalue weighted by molar-refractivity contribution is 7.84. The molecular weight excluding hydrogens is 268 g/mol. The predicted molar refractivity (Wildman–Crippen MR) is 74.1 cm³/mol. The number of amides is 2. The van der Waals surface area contributed by atoms with Gasteiger partial charge in [-0.05, 0) is 18.6 Å². The molecule has 0 saturated heterocycles. The lowest BCUT2D eigenvalue weighted by Gasteiger charge is -2.12. The second-order valence-corrected chi connectivity index (χ2v) is 5.52. The number of carboxylic acid groups (broad SMARTS) is 1. The van der Waals surface area contributed by atoms with E-state index in [1.807, 2.05) is 0 Å². The SMILES string of the molecule is Cc1cccc(C(=O)O)c1NC(=O)NCCS(C)=O. The van der Waals surface area contributed by atoms with Gasteiger partial charge >= 0.3 is 12.0 Å². The molecule has 104 valence electrons. The average molecular weight is 284 g/mol. The molecule has 3 N–H and O–H groups in total. The maximum absolute atomic E-state index is 11.6. The van der Waals surface area contributed by atoms with Crippen LogP contribution in [-0.2, 0) is 10.8 Å². The molecule has 1 atom stereocenters. The van der Waals surface area contributed by atoms with E-state index in [-0.39, 0.29) is 17.8 Å². The minimum atomic E-state index is -1.10. The van der Waals surface area contributed by atoms with Gasteiger partial charge in [0.2, 0.25) is 0 Å². The van der Waals surface area contributed by atoms with Crippen LogP contribution in [0.5, 0.6) is 0 Å². The summed E-state index contributed by atoms with van der Waals surface area (Å²) in [4.78, 5) is 22.7. The lowest BCUT2D eigenvalue weighted by molar-refractivity contribution is 0.0698. The highest BCUT2D eigenvalue weighted by Gasteiger charge is 2.14. The zero-order valence-electron chi connectivity index (χ0n) is 10.7. The minimum Gasteiger partial charge on any atom is -0.478 e. The van der Waals surface area contributed by atoms with E-state index in [1.165, 1.54) is 6.07 Å². The molecule has 7 heteroatoms. The molecule has 1 aromatic rings. The van der Waals surface area contributed by atoms with Crippen LogP contribution >= 0.6 is 0 Å². The van der Waals surface area contributed by atoms with Crippen LogP contribution in [0.2, 0.25) is 0 Å². The summed E-state index contributed by atoms with van der Waals surface area (Å²) in [6, 6.07) is 4.24. The Morgan fingerprint density at radius 3 is 2.63 bits per heavy atom. The van der Waals surface area contributed by atoms with Gasteiger partial charge in [0.25, 0.3) is 0 Å². The highest BCUT2D eigenvalue weighted by atomic mass is 32.2. The lowest BCUT2D eigenvalue weighted by atomic mass is 10.1. The summed E-state index contributed by atoms with van der Waals surface area (Å²) in [6.45, 7) is 1.98. The molecule has 0 saturated carbocycles. The standard InChI is InChI=1S/C12H16N2O4S/c1-8-4-3-5-9(11(15)16)10(8)14-12(17)13-6-7-19(2)18/h3-5H,6-7H2,1-2H3,(H,15,16)(H2,13,14,17). The number of aryl methyl sites for hydroxylation is 1. The highest BCUT2D eigenvalue weighted by Crippen LogP contribution is 2.20. The molecule has 0 heterocycles. The maximum Gasteiger partial charge on any atom is 0.337 e. The number of hydrogen-bond acceptors (Lipinski definition) is 3. The topological polar surface area (TPSA) is 95.5 Å². The van der Waals surface area contributed by atoms with Crippen LogP contribution in [0.3, 0.4) is 0 Å². The molecule has 0 bridgehead atoms. The molecular formula is C12H16N2O4S. The van der Waals surface area contributed by atoms with Crippen molar-refractivity contribution in [3.8, 4) is 0 Å². The third-order valence-corrected chi connectivity index (χ3v) is 3.20. The van der Waals surface area contributed by atoms with Crippen molar-refractivity contribution in [3.05, 3.63) is 29.3 Å². The number of hydrogen-bond donors (Lipinski definition) is 3. The molecule has 1 unspecified atom stereocenters. The number of urea groups is 1. The van der Waals surface area contributed by atoms with Crippen molar-refractivity contribution >= 4 is 28.5 Å². The number of rotatable bonds is 5. The van der Waals surface area contributed by atoms with E-state index in [1.54, 1.807) is 25.3 Å². The van der Waals surface area contributed by atoms with Crippen molar-refractivity contribution in [3.63, 3.8) is 0 Å². The lowest BCUT2D eigenvalue weighted by Crippen LogP contribution is -2.32. The number of carboxylic acids is 1. The molecule has 1 rings (SSSR count). The largest absolute Gasteiger partial charge is 0.478 e. The van der Waals surface area contributed by atoms with Gasteiger partial charge in [0.05, 0.1) is 11.3 Å². The van der Waals surface area contributed by atoms with Gasteiger partial charge < -0.3 is 15.7 Å².